The fourth-order valence-electron chi connectivity index (χ4n) is 4.68. The first-order valence-corrected chi connectivity index (χ1v) is 13.9. The molecular weight excluding hydrogens is 395 g/mol. The molecule has 27 heavy (non-hydrogen) atoms. The van der Waals surface area contributed by atoms with Crippen molar-refractivity contribution in [3.05, 3.63) is 28.0 Å². The number of nitrogens with zero attached hydrogens (tertiary/aromatic N) is 1. The number of nitrogens with one attached hydrogen (secondary N) is 1. The third-order valence-electron chi connectivity index (χ3n) is 7.22. The van der Waals surface area contributed by atoms with E-state index in [1.165, 1.54) is 25.7 Å². The molecule has 1 heterocycles. The van der Waals surface area contributed by atoms with Crippen LogP contribution in [0.1, 0.15) is 65.0 Å². The molecule has 1 aromatic rings. The van der Waals surface area contributed by atoms with E-state index in [0.717, 1.165) is 41.6 Å². The summed E-state index contributed by atoms with van der Waals surface area (Å²) in [5.41, 5.74) is 1.63. The average Bonchev–Trinajstić information content (AvgIpc) is 3.43. The van der Waals surface area contributed by atoms with Crippen molar-refractivity contribution in [3.8, 4) is 0 Å². The van der Waals surface area contributed by atoms with Crippen molar-refractivity contribution in [1.29, 1.82) is 0 Å². The van der Waals surface area contributed by atoms with Crippen LogP contribution in [-0.4, -0.2) is 25.9 Å². The molecule has 2 unspecified atom stereocenters. The van der Waals surface area contributed by atoms with Gasteiger partial charge in [-0.15, -0.1) is 18.1 Å². The molecule has 0 aromatic carbocycles. The molecule has 2 aliphatic rings. The first-order chi connectivity index (χ1) is 12.9. The first kappa shape index (κ1) is 21.6. The summed E-state index contributed by atoms with van der Waals surface area (Å²) in [5, 5.41) is 4.97. The molecule has 0 bridgehead atoms. The van der Waals surface area contributed by atoms with Crippen molar-refractivity contribution in [2.45, 2.75) is 83.7 Å². The summed E-state index contributed by atoms with van der Waals surface area (Å²) in [6.07, 6.45) is 8.92. The predicted octanol–water partition coefficient (Wildman–Crippen LogP) is 6.62. The SMILES string of the molecule is CC[Si-](CC)(CC)OC(CNC(C)C1CC2(CC2)C1)c1c(Cl)cncc1Cl. The van der Waals surface area contributed by atoms with E-state index < -0.39 is 8.32 Å². The molecule has 3 rings (SSSR count). The summed E-state index contributed by atoms with van der Waals surface area (Å²) >= 11 is 13.0. The lowest BCUT2D eigenvalue weighted by molar-refractivity contribution is 0.115. The van der Waals surface area contributed by atoms with Crippen molar-refractivity contribution >= 4 is 31.5 Å². The number of hydrogen-bond acceptors (Lipinski definition) is 3. The highest BCUT2D eigenvalue weighted by Crippen LogP contribution is 2.63. The highest BCUT2D eigenvalue weighted by molar-refractivity contribution is 6.73. The molecule has 153 valence electrons. The van der Waals surface area contributed by atoms with Gasteiger partial charge in [-0.2, -0.15) is 0 Å². The number of pyridine rings is 1. The third-order valence-corrected chi connectivity index (χ3v) is 12.5. The van der Waals surface area contributed by atoms with Crippen LogP contribution in [0.25, 0.3) is 0 Å². The molecular formula is C21H34Cl2N2OSi-. The Labute approximate surface area is 175 Å². The van der Waals surface area contributed by atoms with Gasteiger partial charge in [-0.1, -0.05) is 44.0 Å². The van der Waals surface area contributed by atoms with Crippen LogP contribution < -0.4 is 5.32 Å². The van der Waals surface area contributed by atoms with Crippen molar-refractivity contribution in [2.75, 3.05) is 6.54 Å². The lowest BCUT2D eigenvalue weighted by atomic mass is 9.69. The molecule has 0 saturated heterocycles. The second kappa shape index (κ2) is 8.70. The highest BCUT2D eigenvalue weighted by atomic mass is 35.5. The largest absolute Gasteiger partial charge is 0.558 e. The summed E-state index contributed by atoms with van der Waals surface area (Å²) in [7, 11) is -1.79. The van der Waals surface area contributed by atoms with Crippen LogP contribution in [0.15, 0.2) is 12.4 Å². The van der Waals surface area contributed by atoms with Gasteiger partial charge in [-0.3, -0.25) is 4.98 Å². The molecule has 0 aliphatic heterocycles. The summed E-state index contributed by atoms with van der Waals surface area (Å²) in [4.78, 5) is 4.12. The average molecular weight is 430 g/mol. The lowest BCUT2D eigenvalue weighted by Gasteiger charge is -2.46. The van der Waals surface area contributed by atoms with Gasteiger partial charge >= 0.3 is 0 Å². The molecule has 2 saturated carbocycles. The number of aromatic nitrogens is 1. The number of halogens is 2. The Morgan fingerprint density at radius 2 is 1.70 bits per heavy atom. The second-order valence-corrected chi connectivity index (χ2v) is 14.3. The predicted molar refractivity (Wildman–Crippen MR) is 117 cm³/mol. The van der Waals surface area contributed by atoms with E-state index in [2.05, 4.69) is 38.0 Å². The minimum Gasteiger partial charge on any atom is -0.558 e. The van der Waals surface area contributed by atoms with E-state index >= 15 is 0 Å². The molecule has 0 radical (unpaired) electrons. The van der Waals surface area contributed by atoms with Crippen LogP contribution in [0, 0.1) is 11.3 Å². The van der Waals surface area contributed by atoms with Gasteiger partial charge < -0.3 is 9.74 Å². The van der Waals surface area contributed by atoms with Gasteiger partial charge in [0.05, 0.1) is 16.1 Å². The van der Waals surface area contributed by atoms with Gasteiger partial charge in [0.15, 0.2) is 0 Å². The van der Waals surface area contributed by atoms with Crippen LogP contribution in [0.3, 0.4) is 0 Å². The Hall–Kier alpha value is -0.133. The molecule has 1 spiro atoms. The normalized spacial score (nSPS) is 21.1. The smallest absolute Gasteiger partial charge is 0.0661 e. The second-order valence-electron chi connectivity index (χ2n) is 8.73. The fraction of sp³-hybridized carbons (Fsp3) is 0.762. The zero-order valence-electron chi connectivity index (χ0n) is 17.2. The molecule has 2 aliphatic carbocycles. The number of hydrogen-bond donors (Lipinski definition) is 1. The van der Waals surface area contributed by atoms with E-state index in [1.54, 1.807) is 12.4 Å². The van der Waals surface area contributed by atoms with E-state index in [9.17, 15) is 0 Å². The minimum absolute atomic E-state index is 0.114. The lowest BCUT2D eigenvalue weighted by Crippen LogP contribution is -2.45. The van der Waals surface area contributed by atoms with Gasteiger partial charge in [-0.05, 0) is 52.3 Å². The van der Waals surface area contributed by atoms with Crippen molar-refractivity contribution in [3.63, 3.8) is 0 Å². The van der Waals surface area contributed by atoms with Crippen molar-refractivity contribution in [1.82, 2.24) is 10.3 Å². The fourth-order valence-corrected chi connectivity index (χ4v) is 8.10. The van der Waals surface area contributed by atoms with Crippen LogP contribution in [0.5, 0.6) is 0 Å². The Morgan fingerprint density at radius 1 is 1.15 bits per heavy atom. The Morgan fingerprint density at radius 3 is 2.19 bits per heavy atom. The summed E-state index contributed by atoms with van der Waals surface area (Å²) in [6.45, 7) is 9.84. The van der Waals surface area contributed by atoms with Crippen molar-refractivity contribution in [2.24, 2.45) is 11.3 Å². The van der Waals surface area contributed by atoms with Gasteiger partial charge in [0.1, 0.15) is 0 Å². The summed E-state index contributed by atoms with van der Waals surface area (Å²) < 4.78 is 6.85. The quantitative estimate of drug-likeness (QED) is 0.425. The Balaban J connectivity index is 1.72. The van der Waals surface area contributed by atoms with Crippen LogP contribution in [-0.2, 0) is 4.43 Å². The monoisotopic (exact) mass is 428 g/mol. The van der Waals surface area contributed by atoms with E-state index in [1.807, 2.05) is 0 Å². The Kier molecular flexibility index (Phi) is 6.95. The molecule has 6 heteroatoms. The van der Waals surface area contributed by atoms with E-state index in [0.29, 0.717) is 16.1 Å². The highest BCUT2D eigenvalue weighted by Gasteiger charge is 2.53. The topological polar surface area (TPSA) is 34.1 Å². The Bertz CT molecular complexity index is 613. The minimum atomic E-state index is -1.79. The molecule has 1 aromatic heterocycles. The molecule has 0 amide bonds. The van der Waals surface area contributed by atoms with Crippen molar-refractivity contribution < 1.29 is 4.43 Å². The van der Waals surface area contributed by atoms with Gasteiger partial charge in [0.2, 0.25) is 0 Å². The van der Waals surface area contributed by atoms with Gasteiger partial charge in [-0.25, -0.2) is 0 Å². The molecule has 2 atom stereocenters. The van der Waals surface area contributed by atoms with Crippen LogP contribution in [0.4, 0.5) is 0 Å². The first-order valence-electron chi connectivity index (χ1n) is 10.6. The van der Waals surface area contributed by atoms with Gasteiger partial charge in [0.25, 0.3) is 0 Å². The van der Waals surface area contributed by atoms with E-state index in [-0.39, 0.29) is 6.10 Å². The van der Waals surface area contributed by atoms with Gasteiger partial charge in [0, 0.05) is 30.5 Å². The van der Waals surface area contributed by atoms with Crippen LogP contribution >= 0.6 is 23.2 Å². The maximum absolute atomic E-state index is 6.85. The standard InChI is InChI=1S/C21H34Cl2N2OSi/c1-5-27(6-2,7-3)26-19(20-17(22)12-24-13-18(20)23)14-25-15(4)16-10-21(11-16)8-9-21/h12-13,15-16,19,25H,5-11,14H2,1-4H3/q-1. The zero-order valence-corrected chi connectivity index (χ0v) is 19.7. The summed E-state index contributed by atoms with van der Waals surface area (Å²) in [5.74, 6) is 0.794. The molecule has 2 fully saturated rings. The van der Waals surface area contributed by atoms with E-state index in [4.69, 9.17) is 27.6 Å². The maximum Gasteiger partial charge on any atom is 0.0661 e. The third kappa shape index (κ3) is 4.72. The maximum atomic E-state index is 6.85. The van der Waals surface area contributed by atoms with Crippen LogP contribution in [0.2, 0.25) is 28.2 Å². The molecule has 3 nitrogen and oxygen atoms in total. The summed E-state index contributed by atoms with van der Waals surface area (Å²) in [6, 6.07) is 3.83. The molecule has 1 N–H and O–H groups in total. The number of rotatable bonds is 10. The zero-order chi connectivity index (χ0) is 19.7.